The maximum atomic E-state index is 10.7. The molecule has 0 aromatic heterocycles. The molecule has 0 bridgehead atoms. The summed E-state index contributed by atoms with van der Waals surface area (Å²) in [5.41, 5.74) is 1.88. The van der Waals surface area contributed by atoms with E-state index in [2.05, 4.69) is 0 Å². The lowest BCUT2D eigenvalue weighted by molar-refractivity contribution is -0.134. The van der Waals surface area contributed by atoms with Crippen LogP contribution >= 0.6 is 0 Å². The van der Waals surface area contributed by atoms with Crippen molar-refractivity contribution in [1.82, 2.24) is 0 Å². The van der Waals surface area contributed by atoms with E-state index in [9.17, 15) is 5.11 Å². The van der Waals surface area contributed by atoms with Crippen LogP contribution in [0, 0.1) is 11.8 Å². The minimum absolute atomic E-state index is 0.0310. The number of fused-ring (bicyclic) bond motifs is 2. The van der Waals surface area contributed by atoms with Crippen LogP contribution in [0.2, 0.25) is 0 Å². The summed E-state index contributed by atoms with van der Waals surface area (Å²) in [6.07, 6.45) is -1.46. The summed E-state index contributed by atoms with van der Waals surface area (Å²) in [7, 11) is 3.20. The molecule has 2 aromatic rings. The van der Waals surface area contributed by atoms with E-state index in [-0.39, 0.29) is 30.8 Å². The second-order valence-electron chi connectivity index (χ2n) is 7.17. The van der Waals surface area contributed by atoms with Gasteiger partial charge >= 0.3 is 0 Å². The minimum Gasteiger partial charge on any atom is -0.493 e. The number of hydrogen-bond donors (Lipinski definition) is 1. The van der Waals surface area contributed by atoms with E-state index in [1.165, 1.54) is 0 Å². The third-order valence-corrected chi connectivity index (χ3v) is 5.78. The van der Waals surface area contributed by atoms with Crippen LogP contribution < -0.4 is 18.9 Å². The summed E-state index contributed by atoms with van der Waals surface area (Å²) in [6, 6.07) is 11.4. The maximum absolute atomic E-state index is 10.7. The third kappa shape index (κ3) is 2.70. The van der Waals surface area contributed by atoms with Crippen LogP contribution in [-0.2, 0) is 9.47 Å². The van der Waals surface area contributed by atoms with Gasteiger partial charge in [-0.2, -0.15) is 0 Å². The Labute approximate surface area is 162 Å². The van der Waals surface area contributed by atoms with Crippen molar-refractivity contribution in [2.45, 2.75) is 18.5 Å². The van der Waals surface area contributed by atoms with Gasteiger partial charge in [-0.15, -0.1) is 0 Å². The van der Waals surface area contributed by atoms with Crippen molar-refractivity contribution in [1.29, 1.82) is 0 Å². The van der Waals surface area contributed by atoms with Gasteiger partial charge in [0.1, 0.15) is 0 Å². The second kappa shape index (κ2) is 6.84. The molecule has 3 aliphatic rings. The molecule has 0 spiro atoms. The van der Waals surface area contributed by atoms with E-state index >= 15 is 0 Å². The SMILES string of the molecule is COc1ccc(C2OC(O)C3C(c4ccc5c(c4)OCO5)OCC23)cc1OC. The smallest absolute Gasteiger partial charge is 0.231 e. The van der Waals surface area contributed by atoms with Gasteiger partial charge in [-0.25, -0.2) is 0 Å². The van der Waals surface area contributed by atoms with Gasteiger partial charge in [0.05, 0.1) is 33.0 Å². The van der Waals surface area contributed by atoms with Crippen LogP contribution in [-0.4, -0.2) is 39.0 Å². The highest BCUT2D eigenvalue weighted by molar-refractivity contribution is 5.46. The van der Waals surface area contributed by atoms with Crippen LogP contribution in [0.5, 0.6) is 23.0 Å². The van der Waals surface area contributed by atoms with Crippen molar-refractivity contribution in [2.75, 3.05) is 27.6 Å². The molecule has 5 rings (SSSR count). The summed E-state index contributed by atoms with van der Waals surface area (Å²) in [5.74, 6) is 2.58. The van der Waals surface area contributed by atoms with Crippen LogP contribution in [0.25, 0.3) is 0 Å². The highest BCUT2D eigenvalue weighted by Gasteiger charge is 2.53. The van der Waals surface area contributed by atoms with E-state index in [1.54, 1.807) is 14.2 Å². The third-order valence-electron chi connectivity index (χ3n) is 5.78. The largest absolute Gasteiger partial charge is 0.493 e. The molecule has 7 nitrogen and oxygen atoms in total. The molecule has 0 saturated carbocycles. The van der Waals surface area contributed by atoms with Gasteiger partial charge < -0.3 is 33.5 Å². The average Bonchev–Trinajstić information content (AvgIpc) is 3.43. The fraction of sp³-hybridized carbons (Fsp3) is 0.429. The fourth-order valence-electron chi connectivity index (χ4n) is 4.42. The molecular formula is C21H22O7. The lowest BCUT2D eigenvalue weighted by Gasteiger charge is -2.20. The number of hydrogen-bond acceptors (Lipinski definition) is 7. The lowest BCUT2D eigenvalue weighted by atomic mass is 9.84. The highest BCUT2D eigenvalue weighted by Crippen LogP contribution is 2.54. The van der Waals surface area contributed by atoms with E-state index in [0.29, 0.717) is 23.9 Å². The van der Waals surface area contributed by atoms with Crippen LogP contribution in [0.15, 0.2) is 36.4 Å². The average molecular weight is 386 g/mol. The van der Waals surface area contributed by atoms with Crippen LogP contribution in [0.1, 0.15) is 23.3 Å². The van der Waals surface area contributed by atoms with E-state index in [0.717, 1.165) is 16.9 Å². The van der Waals surface area contributed by atoms with Gasteiger partial charge in [0, 0.05) is 11.8 Å². The van der Waals surface area contributed by atoms with Crippen molar-refractivity contribution < 1.29 is 33.5 Å². The number of rotatable bonds is 4. The van der Waals surface area contributed by atoms with Gasteiger partial charge in [-0.3, -0.25) is 0 Å². The molecular weight excluding hydrogens is 364 g/mol. The van der Waals surface area contributed by atoms with Gasteiger partial charge in [-0.05, 0) is 35.4 Å². The molecule has 0 radical (unpaired) electrons. The first-order chi connectivity index (χ1) is 13.7. The molecule has 5 unspecified atom stereocenters. The molecule has 148 valence electrons. The first kappa shape index (κ1) is 17.6. The number of ether oxygens (including phenoxy) is 6. The summed E-state index contributed by atoms with van der Waals surface area (Å²) < 4.78 is 33.6. The molecule has 7 heteroatoms. The highest BCUT2D eigenvalue weighted by atomic mass is 16.7. The van der Waals surface area contributed by atoms with Crippen molar-refractivity contribution in [3.05, 3.63) is 47.5 Å². The Bertz CT molecular complexity index is 883. The van der Waals surface area contributed by atoms with Gasteiger partial charge in [0.2, 0.25) is 6.79 Å². The fourth-order valence-corrected chi connectivity index (χ4v) is 4.42. The Morgan fingerprint density at radius 1 is 0.893 bits per heavy atom. The summed E-state index contributed by atoms with van der Waals surface area (Å²) >= 11 is 0. The summed E-state index contributed by atoms with van der Waals surface area (Å²) in [4.78, 5) is 0. The minimum atomic E-state index is -0.916. The standard InChI is InChI=1S/C21H22O7/c1-23-14-5-3-11(7-16(14)24-2)19-13-9-25-20(18(13)21(22)28-19)12-4-6-15-17(8-12)27-10-26-15/h3-8,13,18-22H,9-10H2,1-2H3. The molecule has 3 aliphatic heterocycles. The predicted molar refractivity (Wildman–Crippen MR) is 97.6 cm³/mol. The Morgan fingerprint density at radius 2 is 1.64 bits per heavy atom. The van der Waals surface area contributed by atoms with E-state index < -0.39 is 6.29 Å². The number of benzene rings is 2. The second-order valence-corrected chi connectivity index (χ2v) is 7.17. The Balaban J connectivity index is 1.43. The topological polar surface area (TPSA) is 75.6 Å². The monoisotopic (exact) mass is 386 g/mol. The van der Waals surface area contributed by atoms with Crippen LogP contribution in [0.3, 0.4) is 0 Å². The molecule has 0 amide bonds. The molecule has 2 saturated heterocycles. The molecule has 2 fully saturated rings. The molecule has 2 aromatic carbocycles. The summed E-state index contributed by atoms with van der Waals surface area (Å²) in [5, 5.41) is 10.7. The lowest BCUT2D eigenvalue weighted by Crippen LogP contribution is -2.22. The first-order valence-electron chi connectivity index (χ1n) is 9.26. The molecule has 1 N–H and O–H groups in total. The summed E-state index contributed by atoms with van der Waals surface area (Å²) in [6.45, 7) is 0.726. The van der Waals surface area contributed by atoms with Crippen molar-refractivity contribution in [3.63, 3.8) is 0 Å². The van der Waals surface area contributed by atoms with Crippen molar-refractivity contribution in [2.24, 2.45) is 11.8 Å². The zero-order valence-electron chi connectivity index (χ0n) is 15.7. The number of methoxy groups -OCH3 is 2. The first-order valence-corrected chi connectivity index (χ1v) is 9.26. The number of aliphatic hydroxyl groups is 1. The van der Waals surface area contributed by atoms with Gasteiger partial charge in [-0.1, -0.05) is 12.1 Å². The Kier molecular flexibility index (Phi) is 4.30. The normalized spacial score (nSPS) is 30.3. The van der Waals surface area contributed by atoms with E-state index in [4.69, 9.17) is 28.4 Å². The molecule has 0 aliphatic carbocycles. The molecule has 28 heavy (non-hydrogen) atoms. The van der Waals surface area contributed by atoms with Crippen LogP contribution in [0.4, 0.5) is 0 Å². The van der Waals surface area contributed by atoms with E-state index in [1.807, 2.05) is 36.4 Å². The quantitative estimate of drug-likeness (QED) is 0.866. The van der Waals surface area contributed by atoms with Crippen molar-refractivity contribution in [3.8, 4) is 23.0 Å². The maximum Gasteiger partial charge on any atom is 0.231 e. The molecule has 5 atom stereocenters. The zero-order chi connectivity index (χ0) is 19.3. The van der Waals surface area contributed by atoms with Gasteiger partial charge in [0.25, 0.3) is 0 Å². The predicted octanol–water partition coefficient (Wildman–Crippen LogP) is 2.83. The Morgan fingerprint density at radius 3 is 2.46 bits per heavy atom. The zero-order valence-corrected chi connectivity index (χ0v) is 15.7. The Hall–Kier alpha value is -2.48. The van der Waals surface area contributed by atoms with Gasteiger partial charge in [0.15, 0.2) is 29.3 Å². The van der Waals surface area contributed by atoms with Crippen molar-refractivity contribution >= 4 is 0 Å². The molecule has 3 heterocycles. The number of aliphatic hydroxyl groups excluding tert-OH is 1.